The summed E-state index contributed by atoms with van der Waals surface area (Å²) in [6.45, 7) is 0. The maximum Gasteiger partial charge on any atom is 1.00 e. The van der Waals surface area contributed by atoms with E-state index < -0.39 is 21.8 Å². The van der Waals surface area contributed by atoms with E-state index in [4.69, 9.17) is 0 Å². The standard InChI is InChI=1S/C2H6O.3BF4.K.H/c1-3-2;3*2-1(3,4)5;;/h1-2H3;;;;;/q;3*-1;+1;-1. The van der Waals surface area contributed by atoms with Crippen molar-refractivity contribution in [2.24, 2.45) is 0 Å². The van der Waals surface area contributed by atoms with Crippen LogP contribution in [0.5, 0.6) is 0 Å². The van der Waals surface area contributed by atoms with E-state index in [1.54, 1.807) is 14.2 Å². The van der Waals surface area contributed by atoms with Crippen molar-refractivity contribution in [3.05, 3.63) is 0 Å². The van der Waals surface area contributed by atoms with Gasteiger partial charge in [0, 0.05) is 14.2 Å². The monoisotopic (exact) mass is 347 g/mol. The second kappa shape index (κ2) is 15.3. The molecule has 0 aromatic heterocycles. The zero-order valence-electron chi connectivity index (χ0n) is 10.7. The quantitative estimate of drug-likeness (QED) is 0.474. The van der Waals surface area contributed by atoms with Crippen molar-refractivity contribution in [2.75, 3.05) is 14.2 Å². The molecule has 1 nitrogen and oxygen atoms in total. The fourth-order valence-corrected chi connectivity index (χ4v) is 0. The zero-order valence-corrected chi connectivity index (χ0v) is 12.8. The molecule has 0 rings (SSSR count). The van der Waals surface area contributed by atoms with E-state index in [9.17, 15) is 51.8 Å². The van der Waals surface area contributed by atoms with Crippen molar-refractivity contribution in [3.63, 3.8) is 0 Å². The summed E-state index contributed by atoms with van der Waals surface area (Å²) in [4.78, 5) is 0. The van der Waals surface area contributed by atoms with Crippen LogP contribution < -0.4 is 51.4 Å². The van der Waals surface area contributed by atoms with E-state index in [0.717, 1.165) is 0 Å². The predicted octanol–water partition coefficient (Wildman–Crippen LogP) is 1.28. The van der Waals surface area contributed by atoms with Gasteiger partial charge in [-0.3, -0.25) is 0 Å². The summed E-state index contributed by atoms with van der Waals surface area (Å²) in [6, 6.07) is 0. The molecule has 0 aliphatic heterocycles. The average molecular weight is 347 g/mol. The number of hydrogen-bond acceptors (Lipinski definition) is 1. The van der Waals surface area contributed by atoms with E-state index in [0.29, 0.717) is 0 Å². The third-order valence-corrected chi connectivity index (χ3v) is 0. The van der Waals surface area contributed by atoms with Crippen molar-refractivity contribution in [3.8, 4) is 0 Å². The SMILES string of the molecule is COC.F[B-](F)(F)F.F[B-](F)(F)F.F[B-](F)(F)F.[H-].[K+]. The molecule has 0 heterocycles. The molecule has 19 heavy (non-hydrogen) atoms. The molecule has 17 heteroatoms. The van der Waals surface area contributed by atoms with Gasteiger partial charge in [0.15, 0.2) is 0 Å². The Kier molecular flexibility index (Phi) is 25.9. The Hall–Kier alpha value is 0.951. The molecule has 0 N–H and O–H groups in total. The van der Waals surface area contributed by atoms with Crippen LogP contribution in [0.3, 0.4) is 0 Å². The molecule has 118 valence electrons. The second-order valence-corrected chi connectivity index (χ2v) is 1.89. The first-order chi connectivity index (χ1) is 7.41. The minimum atomic E-state index is -6.00. The van der Waals surface area contributed by atoms with Gasteiger partial charge in [-0.2, -0.15) is 0 Å². The zero-order chi connectivity index (χ0) is 16.2. The van der Waals surface area contributed by atoms with Crippen LogP contribution in [0.25, 0.3) is 0 Å². The molecule has 0 saturated heterocycles. The van der Waals surface area contributed by atoms with Crippen LogP contribution in [0.2, 0.25) is 0 Å². The molecule has 0 aromatic rings. The summed E-state index contributed by atoms with van der Waals surface area (Å²) in [6.07, 6.45) is 0. The largest absolute Gasteiger partial charge is 1.00 e. The number of hydrogen-bond donors (Lipinski definition) is 0. The van der Waals surface area contributed by atoms with Gasteiger partial charge in [0.2, 0.25) is 0 Å². The molecular weight excluding hydrogens is 340 g/mol. The van der Waals surface area contributed by atoms with Crippen LogP contribution in [0.1, 0.15) is 1.43 Å². The van der Waals surface area contributed by atoms with E-state index in [2.05, 4.69) is 4.74 Å². The van der Waals surface area contributed by atoms with Gasteiger partial charge in [0.1, 0.15) is 0 Å². The Morgan fingerprint density at radius 2 is 0.526 bits per heavy atom. The van der Waals surface area contributed by atoms with Crippen molar-refractivity contribution >= 4 is 21.8 Å². The van der Waals surface area contributed by atoms with E-state index in [1.807, 2.05) is 0 Å². The van der Waals surface area contributed by atoms with Gasteiger partial charge in [-0.05, 0) is 0 Å². The van der Waals surface area contributed by atoms with Crippen LogP contribution in [-0.2, 0) is 4.74 Å². The molecule has 0 aromatic carbocycles. The Morgan fingerprint density at radius 3 is 0.526 bits per heavy atom. The summed E-state index contributed by atoms with van der Waals surface area (Å²) < 4.78 is 121. The molecule has 0 spiro atoms. The topological polar surface area (TPSA) is 9.23 Å². The maximum absolute atomic E-state index is 9.75. The molecule has 0 fully saturated rings. The molecule has 0 atom stereocenters. The molecule has 0 aliphatic rings. The van der Waals surface area contributed by atoms with Gasteiger partial charge in [-0.15, -0.1) is 0 Å². The first-order valence-corrected chi connectivity index (χ1v) is 3.44. The Labute approximate surface area is 144 Å². The third-order valence-electron chi connectivity index (χ3n) is 0. The summed E-state index contributed by atoms with van der Waals surface area (Å²) in [5.41, 5.74) is 0. The fourth-order valence-electron chi connectivity index (χ4n) is 0. The molecule has 0 radical (unpaired) electrons. The molecule has 0 amide bonds. The van der Waals surface area contributed by atoms with Crippen LogP contribution >= 0.6 is 0 Å². The van der Waals surface area contributed by atoms with E-state index in [-0.39, 0.29) is 52.8 Å². The van der Waals surface area contributed by atoms with Gasteiger partial charge in [-0.25, -0.2) is 0 Å². The van der Waals surface area contributed by atoms with Crippen molar-refractivity contribution < 1.29 is 109 Å². The number of halogens is 12. The first-order valence-electron chi connectivity index (χ1n) is 3.44. The Balaban J connectivity index is -0.0000000321. The van der Waals surface area contributed by atoms with Gasteiger partial charge < -0.3 is 58.0 Å². The number of methoxy groups -OCH3 is 1. The second-order valence-electron chi connectivity index (χ2n) is 1.89. The van der Waals surface area contributed by atoms with E-state index in [1.165, 1.54) is 0 Å². The van der Waals surface area contributed by atoms with E-state index >= 15 is 0 Å². The van der Waals surface area contributed by atoms with Gasteiger partial charge in [0.25, 0.3) is 0 Å². The molecule has 0 aliphatic carbocycles. The average Bonchev–Trinajstić information content (AvgIpc) is 1.71. The number of rotatable bonds is 0. The Morgan fingerprint density at radius 1 is 0.526 bits per heavy atom. The van der Waals surface area contributed by atoms with Crippen molar-refractivity contribution in [1.82, 2.24) is 0 Å². The smallest absolute Gasteiger partial charge is 1.00 e. The fraction of sp³-hybridized carbons (Fsp3) is 1.00. The Bertz CT molecular complexity index is 123. The van der Waals surface area contributed by atoms with Crippen molar-refractivity contribution in [1.29, 1.82) is 0 Å². The molecule has 0 bridgehead atoms. The minimum absolute atomic E-state index is 0. The van der Waals surface area contributed by atoms with Crippen LogP contribution in [0.4, 0.5) is 51.8 Å². The molecular formula is C2H7B3F12KO-3. The normalized spacial score (nSPS) is 10.4. The first kappa shape index (κ1) is 32.1. The van der Waals surface area contributed by atoms with Gasteiger partial charge in [0.05, 0.1) is 0 Å². The van der Waals surface area contributed by atoms with Crippen molar-refractivity contribution in [2.45, 2.75) is 0 Å². The van der Waals surface area contributed by atoms with Crippen LogP contribution in [0.15, 0.2) is 0 Å². The van der Waals surface area contributed by atoms with Gasteiger partial charge in [-0.1, -0.05) is 0 Å². The van der Waals surface area contributed by atoms with Crippen LogP contribution in [-0.4, -0.2) is 36.0 Å². The summed E-state index contributed by atoms with van der Waals surface area (Å²) in [5, 5.41) is 0. The van der Waals surface area contributed by atoms with Gasteiger partial charge >= 0.3 is 73.1 Å². The van der Waals surface area contributed by atoms with Crippen LogP contribution in [0, 0.1) is 0 Å². The predicted molar refractivity (Wildman–Crippen MR) is 44.6 cm³/mol. The number of ether oxygens (including phenoxy) is 1. The minimum Gasteiger partial charge on any atom is -1.00 e. The maximum atomic E-state index is 9.75. The molecule has 0 unspecified atom stereocenters. The summed E-state index contributed by atoms with van der Waals surface area (Å²) >= 11 is 0. The molecule has 0 saturated carbocycles. The summed E-state index contributed by atoms with van der Waals surface area (Å²) in [5.74, 6) is 0. The summed E-state index contributed by atoms with van der Waals surface area (Å²) in [7, 11) is -14.8. The third kappa shape index (κ3) is 6020.